The molecule has 0 atom stereocenters. The van der Waals surface area contributed by atoms with Gasteiger partial charge >= 0.3 is 0 Å². The van der Waals surface area contributed by atoms with E-state index < -0.39 is 9.85 Å². The van der Waals surface area contributed by atoms with E-state index in [1.807, 2.05) is 12.1 Å². The Morgan fingerprint density at radius 1 is 0.647 bits per heavy atom. The molecule has 10 heteroatoms. The molecule has 34 heavy (non-hydrogen) atoms. The van der Waals surface area contributed by atoms with E-state index in [-0.39, 0.29) is 23.2 Å². The van der Waals surface area contributed by atoms with Crippen LogP contribution in [0.5, 0.6) is 0 Å². The molecule has 2 heterocycles. The summed E-state index contributed by atoms with van der Waals surface area (Å²) in [5.41, 5.74) is 4.71. The molecule has 0 bridgehead atoms. The van der Waals surface area contributed by atoms with Crippen LogP contribution < -0.4 is 0 Å². The lowest BCUT2D eigenvalue weighted by Gasteiger charge is -2.09. The van der Waals surface area contributed by atoms with Crippen LogP contribution in [0.25, 0.3) is 22.8 Å². The highest BCUT2D eigenvalue weighted by Gasteiger charge is 2.20. The van der Waals surface area contributed by atoms with E-state index in [2.05, 4.69) is 27.7 Å². The van der Waals surface area contributed by atoms with Crippen LogP contribution >= 0.6 is 0 Å². The van der Waals surface area contributed by atoms with Crippen LogP contribution in [0.3, 0.4) is 0 Å². The fourth-order valence-electron chi connectivity index (χ4n) is 3.71. The summed E-state index contributed by atoms with van der Waals surface area (Å²) in [6.45, 7) is 8.21. The van der Waals surface area contributed by atoms with Gasteiger partial charge in [-0.05, 0) is 48.2 Å². The molecule has 0 fully saturated rings. The normalized spacial score (nSPS) is 11.4. The van der Waals surface area contributed by atoms with Crippen LogP contribution in [0.1, 0.15) is 50.9 Å². The first-order valence-corrected chi connectivity index (χ1v) is 10.9. The Bertz CT molecular complexity index is 1250. The summed E-state index contributed by atoms with van der Waals surface area (Å²) < 4.78 is 3.56. The number of nitrogens with zero attached hydrogens (tertiary/aromatic N) is 6. The van der Waals surface area contributed by atoms with Gasteiger partial charge in [-0.25, -0.2) is 9.36 Å². The predicted octanol–water partition coefficient (Wildman–Crippen LogP) is 5.79. The largest absolute Gasteiger partial charge is 0.269 e. The second-order valence-electron chi connectivity index (χ2n) is 8.59. The first-order valence-electron chi connectivity index (χ1n) is 10.9. The maximum Gasteiger partial charge on any atom is 0.269 e. The Morgan fingerprint density at radius 2 is 0.971 bits per heavy atom. The molecule has 4 rings (SSSR count). The lowest BCUT2D eigenvalue weighted by Crippen LogP contribution is -2.04. The van der Waals surface area contributed by atoms with Crippen molar-refractivity contribution < 1.29 is 9.85 Å². The third-order valence-electron chi connectivity index (χ3n) is 5.53. The van der Waals surface area contributed by atoms with Gasteiger partial charge in [-0.2, -0.15) is 10.2 Å². The molecule has 0 unspecified atom stereocenters. The van der Waals surface area contributed by atoms with Gasteiger partial charge in [0.1, 0.15) is 11.4 Å². The number of hydrogen-bond donors (Lipinski definition) is 0. The topological polar surface area (TPSA) is 122 Å². The molecule has 10 nitrogen and oxygen atoms in total. The summed E-state index contributed by atoms with van der Waals surface area (Å²) >= 11 is 0. The van der Waals surface area contributed by atoms with Gasteiger partial charge in [0.15, 0.2) is 0 Å². The van der Waals surface area contributed by atoms with Gasteiger partial charge in [-0.3, -0.25) is 20.2 Å². The van der Waals surface area contributed by atoms with E-state index >= 15 is 0 Å². The third kappa shape index (κ3) is 4.29. The predicted molar refractivity (Wildman–Crippen MR) is 128 cm³/mol. The molecule has 0 aliphatic heterocycles. The van der Waals surface area contributed by atoms with Crippen molar-refractivity contribution >= 4 is 11.4 Å². The van der Waals surface area contributed by atoms with Crippen LogP contribution in [0.15, 0.2) is 60.7 Å². The molecule has 2 aromatic heterocycles. The average molecular weight is 460 g/mol. The minimum absolute atomic E-state index is 0.0191. The molecule has 0 N–H and O–H groups in total. The summed E-state index contributed by atoms with van der Waals surface area (Å²) in [5.74, 6) is 0.301. The Labute approximate surface area is 195 Å². The van der Waals surface area contributed by atoms with Crippen molar-refractivity contribution in [2.75, 3.05) is 0 Å². The van der Waals surface area contributed by atoms with Crippen molar-refractivity contribution in [3.63, 3.8) is 0 Å². The molecular formula is C24H24N6O4. The molecule has 4 aromatic rings. The molecule has 0 amide bonds. The molecule has 0 spiro atoms. The minimum atomic E-state index is -0.431. The monoisotopic (exact) mass is 460 g/mol. The van der Waals surface area contributed by atoms with E-state index in [0.717, 1.165) is 22.8 Å². The van der Waals surface area contributed by atoms with Crippen LogP contribution in [-0.4, -0.2) is 29.4 Å². The van der Waals surface area contributed by atoms with E-state index in [1.165, 1.54) is 24.3 Å². The van der Waals surface area contributed by atoms with Gasteiger partial charge < -0.3 is 0 Å². The smallest absolute Gasteiger partial charge is 0.258 e. The standard InChI is InChI=1S/C24H24N6O4/c1-15(2)23-13-21(25-27(23)17-5-9-19(10-6-17)29(31)32)22-14-24(16(3)4)28(26-22)18-7-11-20(12-8-18)30(33)34/h5-16H,1-4H3. The molecule has 0 aliphatic rings. The average Bonchev–Trinajstić information content (AvgIpc) is 3.44. The summed E-state index contributed by atoms with van der Waals surface area (Å²) in [6.07, 6.45) is 0. The highest BCUT2D eigenvalue weighted by molar-refractivity contribution is 5.58. The van der Waals surface area contributed by atoms with Crippen molar-refractivity contribution in [3.05, 3.63) is 92.3 Å². The highest BCUT2D eigenvalue weighted by atomic mass is 16.6. The molecule has 0 saturated heterocycles. The molecule has 2 aromatic carbocycles. The fourth-order valence-corrected chi connectivity index (χ4v) is 3.71. The Balaban J connectivity index is 1.78. The van der Waals surface area contributed by atoms with Gasteiger partial charge in [-0.1, -0.05) is 27.7 Å². The van der Waals surface area contributed by atoms with Crippen molar-refractivity contribution in [1.82, 2.24) is 19.6 Å². The van der Waals surface area contributed by atoms with E-state index in [0.29, 0.717) is 11.4 Å². The first kappa shape index (κ1) is 22.8. The van der Waals surface area contributed by atoms with Gasteiger partial charge in [0, 0.05) is 35.7 Å². The lowest BCUT2D eigenvalue weighted by molar-refractivity contribution is -0.385. The van der Waals surface area contributed by atoms with Crippen molar-refractivity contribution in [3.8, 4) is 22.8 Å². The van der Waals surface area contributed by atoms with E-state index in [4.69, 9.17) is 10.2 Å². The molecule has 174 valence electrons. The third-order valence-corrected chi connectivity index (χ3v) is 5.53. The Hall–Kier alpha value is -4.34. The maximum absolute atomic E-state index is 11.0. The zero-order chi connectivity index (χ0) is 24.6. The summed E-state index contributed by atoms with van der Waals surface area (Å²) in [4.78, 5) is 21.2. The lowest BCUT2D eigenvalue weighted by atomic mass is 10.1. The quantitative estimate of drug-likeness (QED) is 0.254. The fraction of sp³-hybridized carbons (Fsp3) is 0.250. The highest BCUT2D eigenvalue weighted by Crippen LogP contribution is 2.30. The van der Waals surface area contributed by atoms with E-state index in [1.54, 1.807) is 33.6 Å². The zero-order valence-electron chi connectivity index (χ0n) is 19.2. The van der Waals surface area contributed by atoms with Gasteiger partial charge in [0.25, 0.3) is 11.4 Å². The number of aromatic nitrogens is 4. The second kappa shape index (κ2) is 8.89. The van der Waals surface area contributed by atoms with Gasteiger partial charge in [0.2, 0.25) is 0 Å². The van der Waals surface area contributed by atoms with Crippen molar-refractivity contribution in [1.29, 1.82) is 0 Å². The van der Waals surface area contributed by atoms with Crippen molar-refractivity contribution in [2.45, 2.75) is 39.5 Å². The number of nitro groups is 2. The SMILES string of the molecule is CC(C)c1cc(-c2cc(C(C)C)n(-c3ccc([N+](=O)[O-])cc3)n2)nn1-c1ccc([N+](=O)[O-])cc1. The number of benzene rings is 2. The molecular weight excluding hydrogens is 436 g/mol. The molecule has 0 radical (unpaired) electrons. The molecule has 0 aliphatic carbocycles. The zero-order valence-corrected chi connectivity index (χ0v) is 19.2. The number of nitro benzene ring substituents is 2. The number of rotatable bonds is 7. The van der Waals surface area contributed by atoms with Gasteiger partial charge in [0.05, 0.1) is 21.2 Å². The first-order chi connectivity index (χ1) is 16.2. The summed E-state index contributed by atoms with van der Waals surface area (Å²) in [5, 5.41) is 31.6. The summed E-state index contributed by atoms with van der Waals surface area (Å²) in [6, 6.07) is 16.5. The van der Waals surface area contributed by atoms with Crippen LogP contribution in [0, 0.1) is 20.2 Å². The maximum atomic E-state index is 11.0. The Morgan fingerprint density at radius 3 is 1.24 bits per heavy atom. The summed E-state index contributed by atoms with van der Waals surface area (Å²) in [7, 11) is 0. The molecule has 0 saturated carbocycles. The van der Waals surface area contributed by atoms with Crippen LogP contribution in [-0.2, 0) is 0 Å². The van der Waals surface area contributed by atoms with Crippen LogP contribution in [0.4, 0.5) is 11.4 Å². The Kier molecular flexibility index (Phi) is 5.97. The number of non-ortho nitro benzene ring substituents is 2. The van der Waals surface area contributed by atoms with Gasteiger partial charge in [-0.15, -0.1) is 0 Å². The van der Waals surface area contributed by atoms with Crippen molar-refractivity contribution in [2.24, 2.45) is 0 Å². The van der Waals surface area contributed by atoms with E-state index in [9.17, 15) is 20.2 Å². The minimum Gasteiger partial charge on any atom is -0.258 e. The number of hydrogen-bond acceptors (Lipinski definition) is 6. The van der Waals surface area contributed by atoms with Crippen LogP contribution in [0.2, 0.25) is 0 Å². The second-order valence-corrected chi connectivity index (χ2v) is 8.59.